The maximum Gasteiger partial charge on any atom is 0.409 e. The first-order valence-corrected chi connectivity index (χ1v) is 10.9. The maximum atomic E-state index is 12.3. The van der Waals surface area contributed by atoms with Gasteiger partial charge in [0.25, 0.3) is 0 Å². The van der Waals surface area contributed by atoms with Crippen LogP contribution in [0.25, 0.3) is 11.4 Å². The number of carbonyl (C=O) groups is 1. The molecule has 0 saturated heterocycles. The van der Waals surface area contributed by atoms with Crippen LogP contribution in [0.4, 0.5) is 4.79 Å². The number of aryl methyl sites for hydroxylation is 1. The van der Waals surface area contributed by atoms with E-state index in [2.05, 4.69) is 22.2 Å². The Labute approximate surface area is 177 Å². The van der Waals surface area contributed by atoms with E-state index >= 15 is 0 Å². The van der Waals surface area contributed by atoms with Crippen LogP contribution >= 0.6 is 0 Å². The highest BCUT2D eigenvalue weighted by Crippen LogP contribution is 2.38. The van der Waals surface area contributed by atoms with Crippen molar-refractivity contribution in [1.82, 2.24) is 24.9 Å². The minimum Gasteiger partial charge on any atom is -0.489 e. The zero-order valence-electron chi connectivity index (χ0n) is 18.1. The van der Waals surface area contributed by atoms with Gasteiger partial charge in [-0.25, -0.2) is 9.48 Å². The third kappa shape index (κ3) is 4.91. The third-order valence-corrected chi connectivity index (χ3v) is 6.21. The van der Waals surface area contributed by atoms with Crippen molar-refractivity contribution >= 4 is 6.09 Å². The molecule has 0 aromatic carbocycles. The molecule has 0 aliphatic heterocycles. The van der Waals surface area contributed by atoms with Gasteiger partial charge in [-0.3, -0.25) is 4.98 Å². The summed E-state index contributed by atoms with van der Waals surface area (Å²) in [7, 11) is 3.57. The molecule has 2 aromatic heterocycles. The summed E-state index contributed by atoms with van der Waals surface area (Å²) in [6.45, 7) is 3.04. The Morgan fingerprint density at radius 3 is 2.70 bits per heavy atom. The summed E-state index contributed by atoms with van der Waals surface area (Å²) in [5.41, 5.74) is 2.02. The van der Waals surface area contributed by atoms with Gasteiger partial charge in [0.2, 0.25) is 0 Å². The van der Waals surface area contributed by atoms with Crippen molar-refractivity contribution in [3.8, 4) is 17.1 Å². The molecule has 2 fully saturated rings. The lowest BCUT2D eigenvalue weighted by Crippen LogP contribution is -2.29. The summed E-state index contributed by atoms with van der Waals surface area (Å²) in [5, 5.41) is 8.32. The number of hydrogen-bond acceptors (Lipinski definition) is 6. The number of ether oxygens (including phenoxy) is 2. The fourth-order valence-corrected chi connectivity index (χ4v) is 4.02. The first kappa shape index (κ1) is 20.6. The molecular formula is C22H31N5O3. The van der Waals surface area contributed by atoms with E-state index in [1.54, 1.807) is 29.9 Å². The fraction of sp³-hybridized carbons (Fsp3) is 0.636. The summed E-state index contributed by atoms with van der Waals surface area (Å²) in [4.78, 5) is 18.5. The zero-order chi connectivity index (χ0) is 21.1. The Morgan fingerprint density at radius 1 is 1.27 bits per heavy atom. The molecule has 8 heteroatoms. The van der Waals surface area contributed by atoms with Gasteiger partial charge >= 0.3 is 6.09 Å². The molecule has 2 aliphatic rings. The van der Waals surface area contributed by atoms with Crippen LogP contribution in [0.5, 0.6) is 5.75 Å². The number of hydrogen-bond donors (Lipinski definition) is 0. The van der Waals surface area contributed by atoms with E-state index in [-0.39, 0.29) is 18.8 Å². The Morgan fingerprint density at radius 2 is 2.03 bits per heavy atom. The van der Waals surface area contributed by atoms with Crippen LogP contribution < -0.4 is 4.74 Å². The molecule has 1 amide bonds. The average molecular weight is 414 g/mol. The van der Waals surface area contributed by atoms with Crippen LogP contribution in [0.15, 0.2) is 18.3 Å². The molecule has 2 aliphatic carbocycles. The average Bonchev–Trinajstić information content (AvgIpc) is 3.32. The van der Waals surface area contributed by atoms with Crippen LogP contribution in [0.2, 0.25) is 0 Å². The standard InChI is InChI=1S/C22H31N5O3/c1-15-11-16(15)13-26(2)22(28)29-14-20-21(24-25-27(20)3)19-10-9-18(12-23-19)30-17-7-5-4-6-8-17/h9-10,12,15-17H,4-8,11,13-14H2,1-3H3/t15-,16+/m1/s1. The first-order valence-electron chi connectivity index (χ1n) is 10.9. The van der Waals surface area contributed by atoms with Crippen molar-refractivity contribution < 1.29 is 14.3 Å². The molecule has 0 N–H and O–H groups in total. The van der Waals surface area contributed by atoms with Crippen molar-refractivity contribution in [3.05, 3.63) is 24.0 Å². The Bertz CT molecular complexity index is 860. The van der Waals surface area contributed by atoms with Gasteiger partial charge in [0, 0.05) is 20.6 Å². The Hall–Kier alpha value is -2.64. The summed E-state index contributed by atoms with van der Waals surface area (Å²) in [6, 6.07) is 3.81. The highest BCUT2D eigenvalue weighted by Gasteiger charge is 2.34. The van der Waals surface area contributed by atoms with Crippen molar-refractivity contribution in [1.29, 1.82) is 0 Å². The van der Waals surface area contributed by atoms with Gasteiger partial charge < -0.3 is 14.4 Å². The van der Waals surface area contributed by atoms with Gasteiger partial charge in [0.1, 0.15) is 23.7 Å². The van der Waals surface area contributed by atoms with E-state index in [0.29, 0.717) is 28.9 Å². The van der Waals surface area contributed by atoms with Gasteiger partial charge in [-0.2, -0.15) is 0 Å². The van der Waals surface area contributed by atoms with Crippen LogP contribution in [0.1, 0.15) is 51.1 Å². The number of amides is 1. The molecule has 162 valence electrons. The number of aromatic nitrogens is 4. The second-order valence-corrected chi connectivity index (χ2v) is 8.67. The highest BCUT2D eigenvalue weighted by atomic mass is 16.6. The first-order chi connectivity index (χ1) is 14.5. The van der Waals surface area contributed by atoms with Gasteiger partial charge in [-0.05, 0) is 56.1 Å². The molecule has 2 saturated carbocycles. The molecule has 0 bridgehead atoms. The minimum atomic E-state index is -0.328. The number of rotatable bonds is 7. The molecule has 30 heavy (non-hydrogen) atoms. The summed E-state index contributed by atoms with van der Waals surface area (Å²) < 4.78 is 13.2. The summed E-state index contributed by atoms with van der Waals surface area (Å²) in [6.07, 6.45) is 8.84. The van der Waals surface area contributed by atoms with Crippen molar-refractivity contribution in [2.24, 2.45) is 18.9 Å². The molecule has 2 aromatic rings. The number of carbonyl (C=O) groups excluding carboxylic acids is 1. The van der Waals surface area contributed by atoms with Crippen LogP contribution in [-0.4, -0.2) is 50.7 Å². The second-order valence-electron chi connectivity index (χ2n) is 8.67. The quantitative estimate of drug-likeness (QED) is 0.686. The molecule has 0 unspecified atom stereocenters. The normalized spacial score (nSPS) is 21.3. The summed E-state index contributed by atoms with van der Waals surface area (Å²) in [5.74, 6) is 2.07. The number of nitrogens with zero attached hydrogens (tertiary/aromatic N) is 5. The molecule has 2 heterocycles. The van der Waals surface area contributed by atoms with E-state index in [0.717, 1.165) is 25.1 Å². The smallest absolute Gasteiger partial charge is 0.409 e. The van der Waals surface area contributed by atoms with Crippen molar-refractivity contribution in [2.45, 2.75) is 58.2 Å². The van der Waals surface area contributed by atoms with Gasteiger partial charge in [0.05, 0.1) is 18.0 Å². The second kappa shape index (κ2) is 9.02. The zero-order valence-corrected chi connectivity index (χ0v) is 18.1. The van der Waals surface area contributed by atoms with Gasteiger partial charge in [-0.1, -0.05) is 18.6 Å². The van der Waals surface area contributed by atoms with Gasteiger partial charge in [0.15, 0.2) is 0 Å². The lowest BCUT2D eigenvalue weighted by Gasteiger charge is -2.22. The number of pyridine rings is 1. The van der Waals surface area contributed by atoms with Crippen molar-refractivity contribution in [2.75, 3.05) is 13.6 Å². The van der Waals surface area contributed by atoms with Crippen LogP contribution in [0.3, 0.4) is 0 Å². The molecule has 0 radical (unpaired) electrons. The van der Waals surface area contributed by atoms with E-state index in [9.17, 15) is 4.79 Å². The van der Waals surface area contributed by atoms with Crippen molar-refractivity contribution in [3.63, 3.8) is 0 Å². The highest BCUT2D eigenvalue weighted by molar-refractivity contribution is 5.67. The lowest BCUT2D eigenvalue weighted by atomic mass is 9.98. The largest absolute Gasteiger partial charge is 0.489 e. The van der Waals surface area contributed by atoms with E-state index in [4.69, 9.17) is 9.47 Å². The van der Waals surface area contributed by atoms with E-state index in [1.165, 1.54) is 25.7 Å². The topological polar surface area (TPSA) is 82.4 Å². The Balaban J connectivity index is 1.37. The van der Waals surface area contributed by atoms with Crippen LogP contribution in [0, 0.1) is 11.8 Å². The summed E-state index contributed by atoms with van der Waals surface area (Å²) >= 11 is 0. The molecule has 0 spiro atoms. The SMILES string of the molecule is C[C@@H]1C[C@H]1CN(C)C(=O)OCc1c(-c2ccc(OC3CCCCC3)cn2)nnn1C. The third-order valence-electron chi connectivity index (χ3n) is 6.21. The van der Waals surface area contributed by atoms with E-state index < -0.39 is 0 Å². The Kier molecular flexibility index (Phi) is 6.20. The van der Waals surface area contributed by atoms with Crippen LogP contribution in [-0.2, 0) is 18.4 Å². The maximum absolute atomic E-state index is 12.3. The predicted molar refractivity (Wildman–Crippen MR) is 112 cm³/mol. The lowest BCUT2D eigenvalue weighted by molar-refractivity contribution is 0.101. The molecular weight excluding hydrogens is 382 g/mol. The molecule has 2 atom stereocenters. The minimum absolute atomic E-state index is 0.101. The predicted octanol–water partition coefficient (Wildman–Crippen LogP) is 3.81. The monoisotopic (exact) mass is 413 g/mol. The van der Waals surface area contributed by atoms with Gasteiger partial charge in [-0.15, -0.1) is 5.10 Å². The van der Waals surface area contributed by atoms with E-state index in [1.807, 2.05) is 12.1 Å². The fourth-order valence-electron chi connectivity index (χ4n) is 4.02. The molecule has 4 rings (SSSR count). The molecule has 8 nitrogen and oxygen atoms in total.